The molecule has 1 atom stereocenters. The van der Waals surface area contributed by atoms with E-state index in [2.05, 4.69) is 29.2 Å². The van der Waals surface area contributed by atoms with Crippen molar-refractivity contribution in [1.29, 1.82) is 0 Å². The Balaban J connectivity index is 2.63. The van der Waals surface area contributed by atoms with Crippen LogP contribution in [-0.4, -0.2) is 15.8 Å². The van der Waals surface area contributed by atoms with Crippen LogP contribution in [0.5, 0.6) is 0 Å². The minimum absolute atomic E-state index is 0.247. The molecule has 0 aromatic heterocycles. The second-order valence-electron chi connectivity index (χ2n) is 1.87. The van der Waals surface area contributed by atoms with Crippen molar-refractivity contribution < 1.29 is 0 Å². The van der Waals surface area contributed by atoms with Gasteiger partial charge in [0.05, 0.1) is 0 Å². The van der Waals surface area contributed by atoms with Crippen LogP contribution in [0.2, 0.25) is 19.0 Å². The van der Waals surface area contributed by atoms with Gasteiger partial charge in [-0.05, 0) is 0 Å². The quantitative estimate of drug-likeness (QED) is 0.372. The average molecular weight is 117 g/mol. The first-order valence-corrected chi connectivity index (χ1v) is 6.10. The van der Waals surface area contributed by atoms with Crippen LogP contribution in [0.25, 0.3) is 0 Å². The van der Waals surface area contributed by atoms with Crippen LogP contribution in [0.15, 0.2) is 0 Å². The lowest BCUT2D eigenvalue weighted by atomic mass is 10.2. The highest BCUT2D eigenvalue weighted by Gasteiger charge is 1.89. The van der Waals surface area contributed by atoms with Crippen molar-refractivity contribution >= 4 is 24.9 Å². The molecule has 0 aromatic rings. The van der Waals surface area contributed by atoms with Gasteiger partial charge in [0.15, 0.2) is 0 Å². The van der Waals surface area contributed by atoms with Gasteiger partial charge in [0.2, 0.25) is 0 Å². The Morgan fingerprint density at radius 2 is 2.17 bits per heavy atom. The van der Waals surface area contributed by atoms with Crippen molar-refractivity contribution in [3.05, 3.63) is 0 Å². The van der Waals surface area contributed by atoms with Gasteiger partial charge in [-0.2, -0.15) is 9.12 Å². The largest absolute Gasteiger partial charge is 0.178 e. The predicted octanol–water partition coefficient (Wildman–Crippen LogP) is 0.925. The second kappa shape index (κ2) is 3.89. The predicted molar refractivity (Wildman–Crippen MR) is 39.1 cm³/mol. The Bertz CT molecular complexity index is 32.0. The molecule has 0 rings (SSSR count). The van der Waals surface area contributed by atoms with Gasteiger partial charge < -0.3 is 0 Å². The zero-order valence-electron chi connectivity index (χ0n) is 4.44. The van der Waals surface area contributed by atoms with Crippen LogP contribution in [0.4, 0.5) is 0 Å². The number of hydrogen-bond donors (Lipinski definition) is 0. The maximum atomic E-state index is 2.63. The number of rotatable bonds is 2. The van der Waals surface area contributed by atoms with Crippen LogP contribution in [0.3, 0.4) is 0 Å². The van der Waals surface area contributed by atoms with Crippen molar-refractivity contribution in [2.24, 2.45) is 0 Å². The van der Waals surface area contributed by atoms with E-state index in [1.807, 2.05) is 0 Å². The topological polar surface area (TPSA) is 0 Å². The first-order valence-electron chi connectivity index (χ1n) is 2.30. The third kappa shape index (κ3) is 4.71. The molecule has 0 saturated carbocycles. The molecule has 0 N–H and O–H groups in total. The van der Waals surface area contributed by atoms with Gasteiger partial charge in [-0.1, -0.05) is 19.0 Å². The van der Waals surface area contributed by atoms with E-state index in [0.717, 1.165) is 0 Å². The first kappa shape index (κ1) is 6.71. The van der Waals surface area contributed by atoms with Crippen molar-refractivity contribution in [3.63, 3.8) is 0 Å². The maximum Gasteiger partial charge on any atom is 0.135 e. The lowest BCUT2D eigenvalue weighted by Gasteiger charge is -1.92. The Labute approximate surface area is 44.7 Å². The van der Waals surface area contributed by atoms with E-state index >= 15 is 0 Å². The van der Waals surface area contributed by atoms with Gasteiger partial charge in [0.1, 0.15) is 7.00 Å². The lowest BCUT2D eigenvalue weighted by Crippen LogP contribution is -1.99. The summed E-state index contributed by atoms with van der Waals surface area (Å²) in [7, 11) is 2.39. The van der Waals surface area contributed by atoms with E-state index in [1.54, 1.807) is 0 Å². The highest BCUT2D eigenvalue weighted by molar-refractivity contribution is 7.56. The van der Waals surface area contributed by atoms with Crippen molar-refractivity contribution in [2.45, 2.75) is 19.0 Å². The van der Waals surface area contributed by atoms with Gasteiger partial charge in [-0.25, -0.2) is 0 Å². The summed E-state index contributed by atoms with van der Waals surface area (Å²) < 4.78 is 0. The van der Waals surface area contributed by atoms with Crippen LogP contribution in [0, 0.1) is 0 Å². The Hall–Kier alpha value is 0.712. The Morgan fingerprint density at radius 3 is 2.17 bits per heavy atom. The minimum atomic E-state index is -0.247. The fourth-order valence-electron chi connectivity index (χ4n) is 0.272. The summed E-state index contributed by atoms with van der Waals surface area (Å²) in [6.07, 6.45) is 0. The van der Waals surface area contributed by atoms with Gasteiger partial charge in [0.25, 0.3) is 0 Å². The van der Waals surface area contributed by atoms with E-state index < -0.39 is 0 Å². The molecule has 0 aliphatic carbocycles. The molecule has 1 unspecified atom stereocenters. The van der Waals surface area contributed by atoms with Gasteiger partial charge in [-0.3, -0.25) is 0 Å². The molecule has 0 aromatic carbocycles. The van der Waals surface area contributed by atoms with E-state index in [0.29, 0.717) is 0 Å². The third-order valence-electron chi connectivity index (χ3n) is 0.607. The zero-order chi connectivity index (χ0) is 4.99. The molecular formula is C3H11BPSi. The highest BCUT2D eigenvalue weighted by atomic mass is 31.0. The maximum absolute atomic E-state index is 2.63. The number of hydrogen-bond acceptors (Lipinski definition) is 0. The SMILES string of the molecule is C[SiH](C)C[B]P. The molecule has 0 aliphatic rings. The summed E-state index contributed by atoms with van der Waals surface area (Å²) >= 11 is 0. The molecule has 0 amide bonds. The second-order valence-corrected chi connectivity index (χ2v) is 5.60. The Morgan fingerprint density at radius 1 is 1.67 bits per heavy atom. The highest BCUT2D eigenvalue weighted by Crippen LogP contribution is 1.90. The molecule has 0 heterocycles. The lowest BCUT2D eigenvalue weighted by molar-refractivity contribution is 1.82. The molecule has 0 saturated heterocycles. The van der Waals surface area contributed by atoms with E-state index in [4.69, 9.17) is 0 Å². The van der Waals surface area contributed by atoms with Gasteiger partial charge in [-0.15, -0.1) is 0 Å². The minimum Gasteiger partial charge on any atom is -0.178 e. The molecule has 6 heavy (non-hydrogen) atoms. The summed E-state index contributed by atoms with van der Waals surface area (Å²) in [5.74, 6) is 1.35. The monoisotopic (exact) mass is 117 g/mol. The van der Waals surface area contributed by atoms with Crippen LogP contribution >= 0.6 is 9.12 Å². The van der Waals surface area contributed by atoms with Crippen LogP contribution in [0.1, 0.15) is 0 Å². The van der Waals surface area contributed by atoms with E-state index in [9.17, 15) is 0 Å². The third-order valence-corrected chi connectivity index (χ3v) is 2.64. The summed E-state index contributed by atoms with van der Waals surface area (Å²) in [5, 5.41) is 0. The molecular weight excluding hydrogens is 106 g/mol. The summed E-state index contributed by atoms with van der Waals surface area (Å²) in [6.45, 7) is 6.87. The van der Waals surface area contributed by atoms with Crippen LogP contribution < -0.4 is 0 Å². The average Bonchev–Trinajstić information content (AvgIpc) is 1.35. The molecule has 0 fully saturated rings. The molecule has 35 valence electrons. The molecule has 3 heteroatoms. The van der Waals surface area contributed by atoms with Gasteiger partial charge >= 0.3 is 0 Å². The van der Waals surface area contributed by atoms with E-state index in [1.165, 1.54) is 5.94 Å². The van der Waals surface area contributed by atoms with E-state index in [-0.39, 0.29) is 8.80 Å². The summed E-state index contributed by atoms with van der Waals surface area (Å²) in [5.41, 5.74) is 0. The first-order chi connectivity index (χ1) is 2.77. The zero-order valence-corrected chi connectivity index (χ0v) is 6.75. The van der Waals surface area contributed by atoms with Crippen LogP contribution in [-0.2, 0) is 0 Å². The molecule has 0 bridgehead atoms. The summed E-state index contributed by atoms with van der Waals surface area (Å²) in [4.78, 5) is 0. The fraction of sp³-hybridized carbons (Fsp3) is 1.00. The Kier molecular flexibility index (Phi) is 4.35. The molecule has 0 nitrogen and oxygen atoms in total. The van der Waals surface area contributed by atoms with Crippen molar-refractivity contribution in [3.8, 4) is 0 Å². The van der Waals surface area contributed by atoms with Crippen molar-refractivity contribution in [1.82, 2.24) is 0 Å². The summed E-state index contributed by atoms with van der Waals surface area (Å²) in [6, 6.07) is 0. The molecule has 0 aliphatic heterocycles. The standard InChI is InChI=1S/C3H11BPSi/c1-6(2)3-4-5/h6H,3,5H2,1-2H3. The molecule has 1 radical (unpaired) electrons. The van der Waals surface area contributed by atoms with Gasteiger partial charge in [0, 0.05) is 8.80 Å². The van der Waals surface area contributed by atoms with Crippen molar-refractivity contribution in [2.75, 3.05) is 0 Å². The molecule has 0 spiro atoms. The fourth-order valence-corrected chi connectivity index (χ4v) is 2.45. The normalized spacial score (nSPS) is 9.33. The smallest absolute Gasteiger partial charge is 0.135 e.